The van der Waals surface area contributed by atoms with Gasteiger partial charge in [-0.15, -0.1) is 0 Å². The van der Waals surface area contributed by atoms with E-state index < -0.39 is 5.60 Å². The summed E-state index contributed by atoms with van der Waals surface area (Å²) in [7, 11) is 0. The van der Waals surface area contributed by atoms with Crippen molar-refractivity contribution in [2.75, 3.05) is 13.1 Å². The van der Waals surface area contributed by atoms with E-state index in [1.807, 2.05) is 25.1 Å². The second-order valence-electron chi connectivity index (χ2n) is 5.16. The van der Waals surface area contributed by atoms with E-state index in [0.717, 1.165) is 5.69 Å². The van der Waals surface area contributed by atoms with E-state index in [2.05, 4.69) is 9.88 Å². The zero-order valence-electron chi connectivity index (χ0n) is 10.2. The third kappa shape index (κ3) is 2.02. The molecule has 94 valence electrons. The predicted octanol–water partition coefficient (Wildman–Crippen LogP) is 0.261. The van der Waals surface area contributed by atoms with Gasteiger partial charge in [0.1, 0.15) is 5.65 Å². The summed E-state index contributed by atoms with van der Waals surface area (Å²) in [5.74, 6) is 0. The van der Waals surface area contributed by atoms with Crippen LogP contribution in [0.3, 0.4) is 0 Å². The summed E-state index contributed by atoms with van der Waals surface area (Å²) >= 11 is 0. The Morgan fingerprint density at radius 3 is 2.94 bits per heavy atom. The summed E-state index contributed by atoms with van der Waals surface area (Å²) in [6, 6.07) is 7.04. The van der Waals surface area contributed by atoms with E-state index in [1.54, 1.807) is 12.3 Å². The van der Waals surface area contributed by atoms with Crippen molar-refractivity contribution in [3.05, 3.63) is 46.5 Å². The Kier molecular flexibility index (Phi) is 2.46. The van der Waals surface area contributed by atoms with Crippen LogP contribution >= 0.6 is 0 Å². The highest BCUT2D eigenvalue weighted by atomic mass is 16.3. The molecule has 1 saturated heterocycles. The van der Waals surface area contributed by atoms with Gasteiger partial charge in [0.25, 0.3) is 5.56 Å². The second-order valence-corrected chi connectivity index (χ2v) is 5.16. The van der Waals surface area contributed by atoms with Crippen molar-refractivity contribution in [1.29, 1.82) is 0 Å². The zero-order chi connectivity index (χ0) is 12.8. The molecule has 0 spiro atoms. The predicted molar refractivity (Wildman–Crippen MR) is 67.4 cm³/mol. The highest BCUT2D eigenvalue weighted by molar-refractivity contribution is 5.38. The van der Waals surface area contributed by atoms with E-state index in [1.165, 1.54) is 4.40 Å². The molecule has 1 aliphatic rings. The fourth-order valence-electron chi connectivity index (χ4n) is 2.44. The van der Waals surface area contributed by atoms with Crippen LogP contribution in [0, 0.1) is 0 Å². The molecule has 1 fully saturated rings. The molecular weight excluding hydrogens is 230 g/mol. The van der Waals surface area contributed by atoms with Crippen LogP contribution in [0.1, 0.15) is 12.6 Å². The Hall–Kier alpha value is -1.72. The lowest BCUT2D eigenvalue weighted by Gasteiger charge is -2.44. The number of hydrogen-bond acceptors (Lipinski definition) is 4. The van der Waals surface area contributed by atoms with E-state index >= 15 is 0 Å². The first-order valence-corrected chi connectivity index (χ1v) is 5.96. The van der Waals surface area contributed by atoms with Gasteiger partial charge in [-0.2, -0.15) is 0 Å². The molecule has 3 heterocycles. The van der Waals surface area contributed by atoms with Crippen LogP contribution in [0.2, 0.25) is 0 Å². The summed E-state index contributed by atoms with van der Waals surface area (Å²) in [5.41, 5.74) is 0.753. The monoisotopic (exact) mass is 245 g/mol. The maximum absolute atomic E-state index is 11.9. The Labute approximate surface area is 104 Å². The molecule has 1 aliphatic heterocycles. The molecule has 0 atom stereocenters. The lowest BCUT2D eigenvalue weighted by Crippen LogP contribution is -2.59. The summed E-state index contributed by atoms with van der Waals surface area (Å²) in [6.07, 6.45) is 1.71. The highest BCUT2D eigenvalue weighted by Crippen LogP contribution is 2.21. The third-order valence-corrected chi connectivity index (χ3v) is 3.14. The largest absolute Gasteiger partial charge is 0.388 e. The molecule has 0 bridgehead atoms. The zero-order valence-corrected chi connectivity index (χ0v) is 10.2. The Morgan fingerprint density at radius 1 is 1.44 bits per heavy atom. The Balaban J connectivity index is 1.88. The molecular formula is C13H15N3O2. The molecule has 0 saturated carbocycles. The molecule has 3 rings (SSSR count). The lowest BCUT2D eigenvalue weighted by atomic mass is 9.97. The second kappa shape index (κ2) is 3.90. The number of nitrogens with zero attached hydrogens (tertiary/aromatic N) is 3. The quantitative estimate of drug-likeness (QED) is 0.824. The van der Waals surface area contributed by atoms with Crippen molar-refractivity contribution in [3.8, 4) is 0 Å². The average Bonchev–Trinajstić information content (AvgIpc) is 2.26. The van der Waals surface area contributed by atoms with Gasteiger partial charge in [0, 0.05) is 31.9 Å². The minimum absolute atomic E-state index is 0.0668. The molecule has 2 aromatic heterocycles. The number of aromatic nitrogens is 2. The number of aliphatic hydroxyl groups is 1. The van der Waals surface area contributed by atoms with E-state index in [0.29, 0.717) is 25.3 Å². The minimum atomic E-state index is -0.591. The van der Waals surface area contributed by atoms with Crippen LogP contribution in [0.25, 0.3) is 5.65 Å². The summed E-state index contributed by atoms with van der Waals surface area (Å²) in [4.78, 5) is 18.4. The summed E-state index contributed by atoms with van der Waals surface area (Å²) in [5, 5.41) is 9.66. The van der Waals surface area contributed by atoms with E-state index in [9.17, 15) is 9.90 Å². The SMILES string of the molecule is CC1(O)CN(Cc2cc(=O)n3ccccc3n2)C1. The van der Waals surface area contributed by atoms with Gasteiger partial charge in [0.15, 0.2) is 0 Å². The van der Waals surface area contributed by atoms with Gasteiger partial charge in [0.2, 0.25) is 0 Å². The minimum Gasteiger partial charge on any atom is -0.388 e. The van der Waals surface area contributed by atoms with Gasteiger partial charge in [-0.1, -0.05) is 6.07 Å². The maximum atomic E-state index is 11.9. The molecule has 0 amide bonds. The van der Waals surface area contributed by atoms with E-state index in [-0.39, 0.29) is 5.56 Å². The fourth-order valence-corrected chi connectivity index (χ4v) is 2.44. The molecule has 5 nitrogen and oxygen atoms in total. The first kappa shape index (κ1) is 11.4. The van der Waals surface area contributed by atoms with Gasteiger partial charge in [-0.3, -0.25) is 14.1 Å². The first-order chi connectivity index (χ1) is 8.53. The molecule has 5 heteroatoms. The average molecular weight is 245 g/mol. The molecule has 1 N–H and O–H groups in total. The van der Waals surface area contributed by atoms with Crippen molar-refractivity contribution in [2.45, 2.75) is 19.1 Å². The number of hydrogen-bond donors (Lipinski definition) is 1. The molecule has 18 heavy (non-hydrogen) atoms. The molecule has 0 unspecified atom stereocenters. The lowest BCUT2D eigenvalue weighted by molar-refractivity contribution is -0.0875. The Morgan fingerprint density at radius 2 is 2.22 bits per heavy atom. The number of pyridine rings is 1. The maximum Gasteiger partial charge on any atom is 0.258 e. The highest BCUT2D eigenvalue weighted by Gasteiger charge is 2.36. The molecule has 0 radical (unpaired) electrons. The van der Waals surface area contributed by atoms with Crippen LogP contribution in [0.15, 0.2) is 35.3 Å². The number of β-amino-alcohol motifs (C(OH)–C–C–N with tert-alkyl or cyclic N) is 1. The smallest absolute Gasteiger partial charge is 0.258 e. The Bertz CT molecular complexity index is 640. The van der Waals surface area contributed by atoms with Gasteiger partial charge in [0.05, 0.1) is 11.3 Å². The topological polar surface area (TPSA) is 57.8 Å². The van der Waals surface area contributed by atoms with Gasteiger partial charge in [-0.05, 0) is 19.1 Å². The molecule has 0 aliphatic carbocycles. The molecule has 0 aromatic carbocycles. The third-order valence-electron chi connectivity index (χ3n) is 3.14. The number of fused-ring (bicyclic) bond motifs is 1. The van der Waals surface area contributed by atoms with Crippen molar-refractivity contribution < 1.29 is 5.11 Å². The standard InChI is InChI=1S/C13H15N3O2/c1-13(18)8-15(9-13)7-10-6-12(17)16-5-3-2-4-11(16)14-10/h2-6,18H,7-9H2,1H3. The summed E-state index contributed by atoms with van der Waals surface area (Å²) < 4.78 is 1.52. The van der Waals surface area contributed by atoms with Gasteiger partial charge >= 0.3 is 0 Å². The number of likely N-dealkylation sites (tertiary alicyclic amines) is 1. The van der Waals surface area contributed by atoms with Gasteiger partial charge in [-0.25, -0.2) is 4.98 Å². The van der Waals surface area contributed by atoms with Crippen LogP contribution < -0.4 is 5.56 Å². The van der Waals surface area contributed by atoms with Crippen molar-refractivity contribution in [1.82, 2.24) is 14.3 Å². The number of rotatable bonds is 2. The normalized spacial score (nSPS) is 18.8. The van der Waals surface area contributed by atoms with Crippen LogP contribution in [-0.2, 0) is 6.54 Å². The van der Waals surface area contributed by atoms with Gasteiger partial charge < -0.3 is 5.11 Å². The van der Waals surface area contributed by atoms with Crippen LogP contribution in [0.4, 0.5) is 0 Å². The fraction of sp³-hybridized carbons (Fsp3) is 0.385. The first-order valence-electron chi connectivity index (χ1n) is 5.96. The van der Waals surface area contributed by atoms with E-state index in [4.69, 9.17) is 0 Å². The van der Waals surface area contributed by atoms with Crippen LogP contribution in [0.5, 0.6) is 0 Å². The van der Waals surface area contributed by atoms with Crippen molar-refractivity contribution in [3.63, 3.8) is 0 Å². The van der Waals surface area contributed by atoms with Crippen molar-refractivity contribution >= 4 is 5.65 Å². The van der Waals surface area contributed by atoms with Crippen LogP contribution in [-0.4, -0.2) is 38.1 Å². The molecule has 2 aromatic rings. The van der Waals surface area contributed by atoms with Crippen molar-refractivity contribution in [2.24, 2.45) is 0 Å². The summed E-state index contributed by atoms with van der Waals surface area (Å²) in [6.45, 7) is 3.68.